The number of nitrogens with two attached hydrogens (primary N) is 1. The van der Waals surface area contributed by atoms with Crippen LogP contribution in [0.3, 0.4) is 0 Å². The van der Waals surface area contributed by atoms with E-state index in [-0.39, 0.29) is 5.70 Å². The van der Waals surface area contributed by atoms with E-state index in [0.29, 0.717) is 5.92 Å². The zero-order valence-electron chi connectivity index (χ0n) is 11.2. The first-order valence-corrected chi connectivity index (χ1v) is 6.14. The maximum Gasteiger partial charge on any atom is 0.119 e. The smallest absolute Gasteiger partial charge is 0.119 e. The quantitative estimate of drug-likeness (QED) is 0.808. The van der Waals surface area contributed by atoms with Gasteiger partial charge in [0.15, 0.2) is 0 Å². The van der Waals surface area contributed by atoms with Crippen LogP contribution < -0.4 is 10.5 Å². The zero-order chi connectivity index (χ0) is 13.5. The molecule has 0 aliphatic carbocycles. The van der Waals surface area contributed by atoms with E-state index < -0.39 is 0 Å². The van der Waals surface area contributed by atoms with Gasteiger partial charge in [0.1, 0.15) is 17.5 Å². The van der Waals surface area contributed by atoms with E-state index in [1.807, 2.05) is 37.3 Å². The van der Waals surface area contributed by atoms with Crippen molar-refractivity contribution in [3.63, 3.8) is 0 Å². The molecule has 0 heterocycles. The highest BCUT2D eigenvalue weighted by molar-refractivity contribution is 5.69. The molecular weight excluding hydrogens is 224 g/mol. The van der Waals surface area contributed by atoms with Gasteiger partial charge in [-0.25, -0.2) is 0 Å². The van der Waals surface area contributed by atoms with Gasteiger partial charge in [0.2, 0.25) is 0 Å². The zero-order valence-corrected chi connectivity index (χ0v) is 11.2. The van der Waals surface area contributed by atoms with E-state index in [4.69, 9.17) is 15.7 Å². The van der Waals surface area contributed by atoms with Gasteiger partial charge in [-0.15, -0.1) is 0 Å². The monoisotopic (exact) mass is 244 g/mol. The summed E-state index contributed by atoms with van der Waals surface area (Å²) in [5, 5.41) is 8.73. The molecule has 3 nitrogen and oxygen atoms in total. The SMILES string of the molecule is C/C(=C(/N)C#N)c1ccc(OCCC(C)C)cc1. The fourth-order valence-corrected chi connectivity index (χ4v) is 1.45. The normalized spacial score (nSPS) is 11.9. The molecule has 0 unspecified atom stereocenters. The third-order valence-electron chi connectivity index (χ3n) is 2.78. The van der Waals surface area contributed by atoms with Crippen LogP contribution in [-0.4, -0.2) is 6.61 Å². The summed E-state index contributed by atoms with van der Waals surface area (Å²) in [5.74, 6) is 1.49. The Balaban J connectivity index is 2.67. The van der Waals surface area contributed by atoms with Gasteiger partial charge >= 0.3 is 0 Å². The molecule has 1 rings (SSSR count). The first kappa shape index (κ1) is 14.1. The summed E-state index contributed by atoms with van der Waals surface area (Å²) in [7, 11) is 0. The molecule has 0 spiro atoms. The van der Waals surface area contributed by atoms with Gasteiger partial charge < -0.3 is 10.5 Å². The van der Waals surface area contributed by atoms with Gasteiger partial charge in [0.05, 0.1) is 6.61 Å². The Morgan fingerprint density at radius 2 is 1.94 bits per heavy atom. The topological polar surface area (TPSA) is 59.0 Å². The first-order valence-electron chi connectivity index (χ1n) is 6.14. The molecule has 0 atom stereocenters. The summed E-state index contributed by atoms with van der Waals surface area (Å²) in [5.41, 5.74) is 7.59. The Morgan fingerprint density at radius 1 is 1.33 bits per heavy atom. The number of allylic oxidation sites excluding steroid dienone is 2. The Morgan fingerprint density at radius 3 is 2.44 bits per heavy atom. The molecule has 0 aliphatic rings. The van der Waals surface area contributed by atoms with E-state index in [1.165, 1.54) is 0 Å². The average Bonchev–Trinajstić information content (AvgIpc) is 2.37. The van der Waals surface area contributed by atoms with E-state index >= 15 is 0 Å². The lowest BCUT2D eigenvalue weighted by atomic mass is 10.1. The Hall–Kier alpha value is -1.95. The summed E-state index contributed by atoms with van der Waals surface area (Å²) in [4.78, 5) is 0. The van der Waals surface area contributed by atoms with Gasteiger partial charge in [0, 0.05) is 0 Å². The molecule has 0 saturated heterocycles. The van der Waals surface area contributed by atoms with Crippen LogP contribution in [0.25, 0.3) is 5.57 Å². The maximum absolute atomic E-state index is 8.73. The molecule has 2 N–H and O–H groups in total. The number of hydrogen-bond acceptors (Lipinski definition) is 3. The second-order valence-electron chi connectivity index (χ2n) is 4.71. The molecule has 96 valence electrons. The molecule has 3 heteroatoms. The molecule has 0 saturated carbocycles. The van der Waals surface area contributed by atoms with Crippen molar-refractivity contribution in [2.24, 2.45) is 11.7 Å². The summed E-state index contributed by atoms with van der Waals surface area (Å²) < 4.78 is 5.63. The van der Waals surface area contributed by atoms with Gasteiger partial charge in [-0.3, -0.25) is 0 Å². The van der Waals surface area contributed by atoms with Crippen molar-refractivity contribution in [2.45, 2.75) is 27.2 Å². The van der Waals surface area contributed by atoms with Gasteiger partial charge in [0.25, 0.3) is 0 Å². The number of hydrogen-bond donors (Lipinski definition) is 1. The number of rotatable bonds is 5. The maximum atomic E-state index is 8.73. The molecule has 0 radical (unpaired) electrons. The van der Waals surface area contributed by atoms with E-state index in [2.05, 4.69) is 13.8 Å². The van der Waals surface area contributed by atoms with Crippen molar-refractivity contribution in [1.29, 1.82) is 5.26 Å². The Bertz CT molecular complexity index is 452. The molecule has 18 heavy (non-hydrogen) atoms. The van der Waals surface area contributed by atoms with Crippen LogP contribution in [0.2, 0.25) is 0 Å². The van der Waals surface area contributed by atoms with Crippen LogP contribution in [0.4, 0.5) is 0 Å². The lowest BCUT2D eigenvalue weighted by Gasteiger charge is -2.09. The first-order chi connectivity index (χ1) is 8.54. The van der Waals surface area contributed by atoms with Crippen LogP contribution in [0.5, 0.6) is 5.75 Å². The van der Waals surface area contributed by atoms with Crippen molar-refractivity contribution in [3.05, 3.63) is 35.5 Å². The lowest BCUT2D eigenvalue weighted by molar-refractivity contribution is 0.289. The van der Waals surface area contributed by atoms with E-state index in [9.17, 15) is 0 Å². The minimum atomic E-state index is 0.253. The predicted octanol–water partition coefficient (Wildman–Crippen LogP) is 3.32. The van der Waals surface area contributed by atoms with Crippen LogP contribution in [0.1, 0.15) is 32.8 Å². The molecule has 0 aromatic heterocycles. The Kier molecular flexibility index (Phi) is 5.26. The van der Waals surface area contributed by atoms with Crippen molar-refractivity contribution in [2.75, 3.05) is 6.61 Å². The van der Waals surface area contributed by atoms with E-state index in [0.717, 1.165) is 29.9 Å². The standard InChI is InChI=1S/C15H20N2O/c1-11(2)8-9-18-14-6-4-13(5-7-14)12(3)15(17)10-16/h4-7,11H,8-9,17H2,1-3H3/b15-12-. The lowest BCUT2D eigenvalue weighted by Crippen LogP contribution is -2.01. The van der Waals surface area contributed by atoms with Crippen molar-refractivity contribution in [3.8, 4) is 11.8 Å². The molecular formula is C15H20N2O. The highest BCUT2D eigenvalue weighted by atomic mass is 16.5. The third kappa shape index (κ3) is 4.14. The minimum Gasteiger partial charge on any atom is -0.494 e. The summed E-state index contributed by atoms with van der Waals surface area (Å²) >= 11 is 0. The molecule has 1 aromatic rings. The summed E-state index contributed by atoms with van der Waals surface area (Å²) in [6.07, 6.45) is 1.04. The van der Waals surface area contributed by atoms with Crippen molar-refractivity contribution >= 4 is 5.57 Å². The largest absolute Gasteiger partial charge is 0.494 e. The molecule has 0 bridgehead atoms. The highest BCUT2D eigenvalue weighted by Crippen LogP contribution is 2.20. The fraction of sp³-hybridized carbons (Fsp3) is 0.400. The van der Waals surface area contributed by atoms with Gasteiger partial charge in [-0.05, 0) is 42.5 Å². The fourth-order valence-electron chi connectivity index (χ4n) is 1.45. The van der Waals surface area contributed by atoms with Gasteiger partial charge in [-0.2, -0.15) is 5.26 Å². The number of ether oxygens (including phenoxy) is 1. The van der Waals surface area contributed by atoms with Crippen molar-refractivity contribution in [1.82, 2.24) is 0 Å². The molecule has 0 fully saturated rings. The second kappa shape index (κ2) is 6.70. The highest BCUT2D eigenvalue weighted by Gasteiger charge is 2.02. The third-order valence-corrected chi connectivity index (χ3v) is 2.78. The molecule has 0 aliphatic heterocycles. The van der Waals surface area contributed by atoms with Crippen LogP contribution in [0.15, 0.2) is 30.0 Å². The molecule has 1 aromatic carbocycles. The second-order valence-corrected chi connectivity index (χ2v) is 4.71. The number of benzene rings is 1. The van der Waals surface area contributed by atoms with Crippen molar-refractivity contribution < 1.29 is 4.74 Å². The predicted molar refractivity (Wildman–Crippen MR) is 73.8 cm³/mol. The molecule has 0 amide bonds. The van der Waals surface area contributed by atoms with Crippen LogP contribution in [0, 0.1) is 17.2 Å². The number of nitrogens with zero attached hydrogens (tertiary/aromatic N) is 1. The average molecular weight is 244 g/mol. The number of nitriles is 1. The Labute approximate surface area is 109 Å². The summed E-state index contributed by atoms with van der Waals surface area (Å²) in [6, 6.07) is 9.61. The van der Waals surface area contributed by atoms with E-state index in [1.54, 1.807) is 0 Å². The van der Waals surface area contributed by atoms with Crippen LogP contribution in [-0.2, 0) is 0 Å². The summed E-state index contributed by atoms with van der Waals surface area (Å²) in [6.45, 7) is 6.91. The van der Waals surface area contributed by atoms with Crippen LogP contribution >= 0.6 is 0 Å². The minimum absolute atomic E-state index is 0.253. The van der Waals surface area contributed by atoms with Gasteiger partial charge in [-0.1, -0.05) is 26.0 Å².